The van der Waals surface area contributed by atoms with Gasteiger partial charge in [0.1, 0.15) is 16.6 Å². The fourth-order valence-corrected chi connectivity index (χ4v) is 1.45. The van der Waals surface area contributed by atoms with Crippen LogP contribution in [0.1, 0.15) is 5.56 Å². The van der Waals surface area contributed by atoms with E-state index < -0.39 is 17.6 Å². The lowest BCUT2D eigenvalue weighted by Gasteiger charge is -2.09. The molecule has 0 unspecified atom stereocenters. The zero-order chi connectivity index (χ0) is 14.0. The number of hydrogen-bond acceptors (Lipinski definition) is 2. The van der Waals surface area contributed by atoms with Crippen LogP contribution in [0.15, 0.2) is 30.5 Å². The first-order chi connectivity index (χ1) is 8.86. The molecule has 0 atom stereocenters. The van der Waals surface area contributed by atoms with Crippen LogP contribution in [-0.2, 0) is 6.18 Å². The second-order valence-corrected chi connectivity index (χ2v) is 3.89. The Morgan fingerprint density at radius 3 is 2.58 bits per heavy atom. The van der Waals surface area contributed by atoms with E-state index in [1.54, 1.807) is 0 Å². The minimum Gasteiger partial charge on any atom is -0.437 e. The summed E-state index contributed by atoms with van der Waals surface area (Å²) in [5.41, 5.74) is -0.988. The van der Waals surface area contributed by atoms with Gasteiger partial charge in [-0.2, -0.15) is 13.2 Å². The van der Waals surface area contributed by atoms with Crippen molar-refractivity contribution in [1.29, 1.82) is 0 Å². The summed E-state index contributed by atoms with van der Waals surface area (Å²) in [5.74, 6) is -0.841. The Bertz CT molecular complexity index is 601. The average molecular weight is 291 g/mol. The van der Waals surface area contributed by atoms with Crippen LogP contribution in [0, 0.1) is 11.9 Å². The number of ether oxygens (including phenoxy) is 1. The zero-order valence-electron chi connectivity index (χ0n) is 9.13. The van der Waals surface area contributed by atoms with Crippen molar-refractivity contribution in [2.75, 3.05) is 0 Å². The van der Waals surface area contributed by atoms with Crippen molar-refractivity contribution in [3.63, 3.8) is 0 Å². The van der Waals surface area contributed by atoms with Gasteiger partial charge in [0, 0.05) is 18.3 Å². The van der Waals surface area contributed by atoms with Crippen LogP contribution in [0.25, 0.3) is 0 Å². The fourth-order valence-electron chi connectivity index (χ4n) is 1.25. The summed E-state index contributed by atoms with van der Waals surface area (Å²) in [6, 6.07) is 6.59. The molecule has 0 aliphatic rings. The highest BCUT2D eigenvalue weighted by Crippen LogP contribution is 2.34. The summed E-state index contributed by atoms with van der Waals surface area (Å²) in [4.78, 5) is 3.46. The Morgan fingerprint density at radius 1 is 1.26 bits per heavy atom. The largest absolute Gasteiger partial charge is 0.437 e. The Labute approximate surface area is 110 Å². The van der Waals surface area contributed by atoms with E-state index in [4.69, 9.17) is 16.3 Å². The molecule has 1 radical (unpaired) electrons. The third kappa shape index (κ3) is 3.35. The summed E-state index contributed by atoms with van der Waals surface area (Å²) in [7, 11) is 0. The molecule has 0 N–H and O–H groups in total. The summed E-state index contributed by atoms with van der Waals surface area (Å²) >= 11 is 5.64. The smallest absolute Gasteiger partial charge is 0.417 e. The number of hydrogen-bond donors (Lipinski definition) is 0. The van der Waals surface area contributed by atoms with Gasteiger partial charge in [-0.15, -0.1) is 0 Å². The molecule has 1 heterocycles. The predicted molar refractivity (Wildman–Crippen MR) is 59.6 cm³/mol. The monoisotopic (exact) mass is 290 g/mol. The van der Waals surface area contributed by atoms with Gasteiger partial charge in [-0.05, 0) is 18.2 Å². The van der Waals surface area contributed by atoms with Gasteiger partial charge >= 0.3 is 6.18 Å². The van der Waals surface area contributed by atoms with E-state index in [2.05, 4.69) is 11.1 Å². The van der Waals surface area contributed by atoms with Gasteiger partial charge in [-0.25, -0.2) is 9.37 Å². The number of benzene rings is 1. The van der Waals surface area contributed by atoms with Gasteiger partial charge in [-0.1, -0.05) is 11.6 Å². The van der Waals surface area contributed by atoms with Gasteiger partial charge in [-0.3, -0.25) is 0 Å². The molecule has 1 aromatic heterocycles. The second-order valence-electron chi connectivity index (χ2n) is 3.48. The number of pyridine rings is 1. The van der Waals surface area contributed by atoms with Crippen LogP contribution in [0.4, 0.5) is 17.6 Å². The lowest BCUT2D eigenvalue weighted by Crippen LogP contribution is -2.05. The first kappa shape index (κ1) is 13.6. The van der Waals surface area contributed by atoms with Gasteiger partial charge in [0.25, 0.3) is 0 Å². The molecule has 0 saturated carbocycles. The van der Waals surface area contributed by atoms with Crippen LogP contribution in [0.3, 0.4) is 0 Å². The quantitative estimate of drug-likeness (QED) is 0.761. The number of nitrogens with zero attached hydrogens (tertiary/aromatic N) is 1. The summed E-state index contributed by atoms with van der Waals surface area (Å²) in [6.07, 6.45) is -3.95. The van der Waals surface area contributed by atoms with Gasteiger partial charge in [0.05, 0.1) is 5.56 Å². The maximum Gasteiger partial charge on any atom is 0.417 e. The van der Waals surface area contributed by atoms with Crippen LogP contribution in [0.5, 0.6) is 11.6 Å². The molecular weight excluding hydrogens is 286 g/mol. The van der Waals surface area contributed by atoms with E-state index in [0.717, 1.165) is 6.07 Å². The average Bonchev–Trinajstić information content (AvgIpc) is 2.30. The highest BCUT2D eigenvalue weighted by atomic mass is 35.5. The Hall–Kier alpha value is -1.82. The Balaban J connectivity index is 2.27. The van der Waals surface area contributed by atoms with Crippen LogP contribution in [0.2, 0.25) is 5.02 Å². The van der Waals surface area contributed by atoms with Gasteiger partial charge in [0.2, 0.25) is 5.88 Å². The van der Waals surface area contributed by atoms with E-state index in [9.17, 15) is 17.6 Å². The molecule has 0 aliphatic carbocycles. The highest BCUT2D eigenvalue weighted by Gasteiger charge is 2.31. The molecular formula is C12H5ClF4NO. The van der Waals surface area contributed by atoms with Crippen LogP contribution < -0.4 is 4.74 Å². The fraction of sp³-hybridized carbons (Fsp3) is 0.0833. The van der Waals surface area contributed by atoms with E-state index in [1.807, 2.05) is 0 Å². The van der Waals surface area contributed by atoms with E-state index in [-0.39, 0.29) is 16.7 Å². The molecule has 19 heavy (non-hydrogen) atoms. The van der Waals surface area contributed by atoms with Crippen molar-refractivity contribution < 1.29 is 22.3 Å². The minimum atomic E-state index is -4.54. The predicted octanol–water partition coefficient (Wildman–Crippen LogP) is 4.49. The molecule has 99 valence electrons. The van der Waals surface area contributed by atoms with Crippen molar-refractivity contribution in [2.45, 2.75) is 6.18 Å². The topological polar surface area (TPSA) is 22.1 Å². The summed E-state index contributed by atoms with van der Waals surface area (Å²) < 4.78 is 55.1. The molecule has 2 nitrogen and oxygen atoms in total. The number of alkyl halides is 3. The molecule has 0 spiro atoms. The summed E-state index contributed by atoms with van der Waals surface area (Å²) in [5, 5.41) is -0.317. The molecule has 0 bridgehead atoms. The van der Waals surface area contributed by atoms with Crippen molar-refractivity contribution >= 4 is 11.6 Å². The van der Waals surface area contributed by atoms with Crippen molar-refractivity contribution in [3.8, 4) is 11.6 Å². The zero-order valence-corrected chi connectivity index (χ0v) is 9.89. The van der Waals surface area contributed by atoms with Crippen molar-refractivity contribution in [3.05, 3.63) is 52.9 Å². The molecule has 2 rings (SSSR count). The molecule has 2 aromatic rings. The number of aromatic nitrogens is 1. The van der Waals surface area contributed by atoms with Gasteiger partial charge < -0.3 is 4.74 Å². The summed E-state index contributed by atoms with van der Waals surface area (Å²) in [6.45, 7) is 0. The first-order valence-corrected chi connectivity index (χ1v) is 5.32. The SMILES string of the molecule is Fc1[c]ccc(Oc2ncc(C(F)(F)F)cc2Cl)c1. The second kappa shape index (κ2) is 5.05. The van der Waals surface area contributed by atoms with Crippen molar-refractivity contribution in [1.82, 2.24) is 4.98 Å². The van der Waals surface area contributed by atoms with E-state index in [1.165, 1.54) is 12.1 Å². The third-order valence-electron chi connectivity index (χ3n) is 2.09. The maximum absolute atomic E-state index is 12.9. The van der Waals surface area contributed by atoms with E-state index >= 15 is 0 Å². The number of halogens is 5. The third-order valence-corrected chi connectivity index (χ3v) is 2.36. The molecule has 1 aromatic carbocycles. The molecule has 0 fully saturated rings. The van der Waals surface area contributed by atoms with E-state index in [0.29, 0.717) is 12.3 Å². The van der Waals surface area contributed by atoms with Crippen LogP contribution >= 0.6 is 11.6 Å². The maximum atomic E-state index is 12.9. The van der Waals surface area contributed by atoms with Gasteiger partial charge in [0.15, 0.2) is 0 Å². The highest BCUT2D eigenvalue weighted by molar-refractivity contribution is 6.31. The minimum absolute atomic E-state index is 0.0606. The number of rotatable bonds is 2. The molecule has 0 saturated heterocycles. The Morgan fingerprint density at radius 2 is 2.00 bits per heavy atom. The molecule has 7 heteroatoms. The Kier molecular flexibility index (Phi) is 3.61. The van der Waals surface area contributed by atoms with Crippen molar-refractivity contribution in [2.24, 2.45) is 0 Å². The lowest BCUT2D eigenvalue weighted by atomic mass is 10.3. The lowest BCUT2D eigenvalue weighted by molar-refractivity contribution is -0.137. The molecule has 0 amide bonds. The normalized spacial score (nSPS) is 11.4. The van der Waals surface area contributed by atoms with Crippen LogP contribution in [-0.4, -0.2) is 4.98 Å². The molecule has 0 aliphatic heterocycles. The standard InChI is InChI=1S/C12H5ClF4NO/c13-10-4-7(12(15,16)17)6-18-11(10)19-9-3-1-2-8(14)5-9/h1,3-6H. The first-order valence-electron chi connectivity index (χ1n) is 4.94.